The van der Waals surface area contributed by atoms with Gasteiger partial charge in [-0.25, -0.2) is 0 Å². The molecule has 0 aromatic heterocycles. The van der Waals surface area contributed by atoms with Crippen LogP contribution in [-0.4, -0.2) is 24.7 Å². The van der Waals surface area contributed by atoms with Gasteiger partial charge in [0.2, 0.25) is 0 Å². The SMILES string of the molecule is CC(C)(C)CC(=O)CNCCCCCCC(=O)C(C)(C)C. The van der Waals surface area contributed by atoms with Crippen molar-refractivity contribution in [3.8, 4) is 0 Å². The van der Waals surface area contributed by atoms with Gasteiger partial charge >= 0.3 is 0 Å². The highest BCUT2D eigenvalue weighted by atomic mass is 16.1. The molecule has 124 valence electrons. The molecule has 0 unspecified atom stereocenters. The van der Waals surface area contributed by atoms with E-state index in [0.29, 0.717) is 31.0 Å². The zero-order valence-electron chi connectivity index (χ0n) is 15.0. The van der Waals surface area contributed by atoms with Gasteiger partial charge in [-0.1, -0.05) is 54.4 Å². The third-order valence-electron chi connectivity index (χ3n) is 3.39. The molecule has 0 saturated heterocycles. The lowest BCUT2D eigenvalue weighted by molar-refractivity contribution is -0.126. The summed E-state index contributed by atoms with van der Waals surface area (Å²) in [6.07, 6.45) is 5.61. The third kappa shape index (κ3) is 12.7. The van der Waals surface area contributed by atoms with E-state index >= 15 is 0 Å². The van der Waals surface area contributed by atoms with Crippen LogP contribution >= 0.6 is 0 Å². The predicted molar refractivity (Wildman–Crippen MR) is 89.5 cm³/mol. The van der Waals surface area contributed by atoms with Crippen LogP contribution in [0.2, 0.25) is 0 Å². The quantitative estimate of drug-likeness (QED) is 0.616. The molecule has 0 spiro atoms. The molecule has 3 heteroatoms. The van der Waals surface area contributed by atoms with E-state index in [1.54, 1.807) is 0 Å². The van der Waals surface area contributed by atoms with Gasteiger partial charge in [0, 0.05) is 18.3 Å². The molecule has 21 heavy (non-hydrogen) atoms. The second-order valence-corrected chi connectivity index (χ2v) is 8.29. The van der Waals surface area contributed by atoms with Crippen LogP contribution in [0.25, 0.3) is 0 Å². The zero-order chi connectivity index (χ0) is 16.5. The van der Waals surface area contributed by atoms with E-state index in [2.05, 4.69) is 26.1 Å². The average Bonchev–Trinajstić information content (AvgIpc) is 2.28. The Morgan fingerprint density at radius 2 is 1.43 bits per heavy atom. The number of hydrogen-bond acceptors (Lipinski definition) is 3. The first-order valence-corrected chi connectivity index (χ1v) is 8.28. The minimum atomic E-state index is -0.199. The van der Waals surface area contributed by atoms with Crippen LogP contribution in [0.4, 0.5) is 0 Å². The van der Waals surface area contributed by atoms with Crippen molar-refractivity contribution in [1.82, 2.24) is 5.32 Å². The maximum absolute atomic E-state index is 11.7. The van der Waals surface area contributed by atoms with Crippen LogP contribution in [0.1, 0.15) is 80.1 Å². The summed E-state index contributed by atoms with van der Waals surface area (Å²) in [7, 11) is 0. The molecule has 0 aliphatic carbocycles. The van der Waals surface area contributed by atoms with Crippen molar-refractivity contribution in [2.24, 2.45) is 10.8 Å². The summed E-state index contributed by atoms with van der Waals surface area (Å²) in [5, 5.41) is 3.22. The number of rotatable bonds is 10. The number of unbranched alkanes of at least 4 members (excludes halogenated alkanes) is 3. The van der Waals surface area contributed by atoms with Crippen LogP contribution in [0.15, 0.2) is 0 Å². The molecular weight excluding hydrogens is 262 g/mol. The van der Waals surface area contributed by atoms with Crippen molar-refractivity contribution in [2.45, 2.75) is 80.1 Å². The zero-order valence-corrected chi connectivity index (χ0v) is 15.0. The lowest BCUT2D eigenvalue weighted by atomic mass is 9.88. The van der Waals surface area contributed by atoms with E-state index in [1.165, 1.54) is 0 Å². The Bertz CT molecular complexity index is 321. The average molecular weight is 297 g/mol. The van der Waals surface area contributed by atoms with Gasteiger partial charge in [-0.2, -0.15) is 0 Å². The number of ketones is 2. The molecule has 1 N–H and O–H groups in total. The van der Waals surface area contributed by atoms with Crippen molar-refractivity contribution < 1.29 is 9.59 Å². The number of hydrogen-bond donors (Lipinski definition) is 1. The fourth-order valence-corrected chi connectivity index (χ4v) is 2.15. The minimum absolute atomic E-state index is 0.0817. The molecule has 0 fully saturated rings. The lowest BCUT2D eigenvalue weighted by Crippen LogP contribution is -2.26. The van der Waals surface area contributed by atoms with Crippen LogP contribution in [0.3, 0.4) is 0 Å². The fraction of sp³-hybridized carbons (Fsp3) is 0.889. The summed E-state index contributed by atoms with van der Waals surface area (Å²) in [6.45, 7) is 13.6. The molecule has 0 saturated carbocycles. The molecule has 0 amide bonds. The number of carbonyl (C=O) groups is 2. The van der Waals surface area contributed by atoms with Crippen molar-refractivity contribution in [2.75, 3.05) is 13.1 Å². The third-order valence-corrected chi connectivity index (χ3v) is 3.39. The van der Waals surface area contributed by atoms with Gasteiger partial charge in [0.1, 0.15) is 11.6 Å². The number of carbonyl (C=O) groups excluding carboxylic acids is 2. The normalized spacial score (nSPS) is 12.5. The minimum Gasteiger partial charge on any atom is -0.310 e. The highest BCUT2D eigenvalue weighted by Gasteiger charge is 2.19. The van der Waals surface area contributed by atoms with Crippen molar-refractivity contribution in [1.29, 1.82) is 0 Å². The van der Waals surface area contributed by atoms with Gasteiger partial charge in [-0.05, 0) is 24.8 Å². The predicted octanol–water partition coefficient (Wildman–Crippen LogP) is 4.15. The van der Waals surface area contributed by atoms with Crippen molar-refractivity contribution in [3.05, 3.63) is 0 Å². The first-order chi connectivity index (χ1) is 9.52. The van der Waals surface area contributed by atoms with E-state index in [4.69, 9.17) is 0 Å². The summed E-state index contributed by atoms with van der Waals surface area (Å²) in [6, 6.07) is 0. The van der Waals surface area contributed by atoms with E-state index in [-0.39, 0.29) is 10.8 Å². The Labute approximate surface area is 131 Å². The smallest absolute Gasteiger partial charge is 0.147 e. The Morgan fingerprint density at radius 3 is 1.95 bits per heavy atom. The van der Waals surface area contributed by atoms with Crippen LogP contribution in [0, 0.1) is 10.8 Å². The number of Topliss-reactive ketones (excluding diaryl/α,β-unsaturated/α-hetero) is 2. The van der Waals surface area contributed by atoms with E-state index < -0.39 is 0 Å². The van der Waals surface area contributed by atoms with Gasteiger partial charge < -0.3 is 5.32 Å². The first kappa shape index (κ1) is 20.3. The molecule has 0 heterocycles. The Morgan fingerprint density at radius 1 is 0.857 bits per heavy atom. The van der Waals surface area contributed by atoms with Crippen molar-refractivity contribution in [3.63, 3.8) is 0 Å². The maximum atomic E-state index is 11.7. The van der Waals surface area contributed by atoms with Gasteiger partial charge in [-0.15, -0.1) is 0 Å². The first-order valence-electron chi connectivity index (χ1n) is 8.28. The van der Waals surface area contributed by atoms with Gasteiger partial charge in [-0.3, -0.25) is 9.59 Å². The molecule has 0 bridgehead atoms. The summed E-state index contributed by atoms with van der Waals surface area (Å²) in [5.41, 5.74) is -0.118. The molecular formula is C18H35NO2. The topological polar surface area (TPSA) is 46.2 Å². The second-order valence-electron chi connectivity index (χ2n) is 8.29. The van der Waals surface area contributed by atoms with E-state index in [0.717, 1.165) is 32.2 Å². The summed E-state index contributed by atoms with van der Waals surface area (Å²) >= 11 is 0. The molecule has 0 aromatic carbocycles. The second kappa shape index (κ2) is 9.34. The molecule has 0 atom stereocenters. The molecule has 0 aliphatic rings. The van der Waals surface area contributed by atoms with E-state index in [1.807, 2.05) is 20.8 Å². The number of nitrogens with one attached hydrogen (secondary N) is 1. The Balaban J connectivity index is 3.46. The largest absolute Gasteiger partial charge is 0.310 e. The molecule has 0 aromatic rings. The summed E-state index contributed by atoms with van der Waals surface area (Å²) in [4.78, 5) is 23.4. The Hall–Kier alpha value is -0.700. The van der Waals surface area contributed by atoms with E-state index in [9.17, 15) is 9.59 Å². The molecule has 0 radical (unpaired) electrons. The monoisotopic (exact) mass is 297 g/mol. The Kier molecular flexibility index (Phi) is 9.03. The summed E-state index contributed by atoms with van der Waals surface area (Å²) in [5.74, 6) is 0.645. The lowest BCUT2D eigenvalue weighted by Gasteiger charge is -2.17. The highest BCUT2D eigenvalue weighted by molar-refractivity contribution is 5.83. The van der Waals surface area contributed by atoms with Gasteiger partial charge in [0.25, 0.3) is 0 Å². The van der Waals surface area contributed by atoms with Gasteiger partial charge in [0.05, 0.1) is 6.54 Å². The van der Waals surface area contributed by atoms with Crippen LogP contribution < -0.4 is 5.32 Å². The molecule has 0 aliphatic heterocycles. The van der Waals surface area contributed by atoms with Crippen LogP contribution in [-0.2, 0) is 9.59 Å². The van der Waals surface area contributed by atoms with Crippen molar-refractivity contribution >= 4 is 11.6 Å². The summed E-state index contributed by atoms with van der Waals surface area (Å²) < 4.78 is 0. The standard InChI is InChI=1S/C18H35NO2/c1-17(2,3)13-15(20)14-19-12-10-8-7-9-11-16(21)18(4,5)6/h19H,7-14H2,1-6H3. The molecule has 3 nitrogen and oxygen atoms in total. The fourth-order valence-electron chi connectivity index (χ4n) is 2.15. The highest BCUT2D eigenvalue weighted by Crippen LogP contribution is 2.19. The van der Waals surface area contributed by atoms with Gasteiger partial charge in [0.15, 0.2) is 0 Å². The maximum Gasteiger partial charge on any atom is 0.147 e. The molecule has 0 rings (SSSR count). The van der Waals surface area contributed by atoms with Crippen LogP contribution in [0.5, 0.6) is 0 Å².